The SMILES string of the molecule is C=C(C)C(C(=O)O)N1C(=O)[C@H](NC(=O)C(N)c2ccccc2)[C@H]1Cl. The summed E-state index contributed by atoms with van der Waals surface area (Å²) >= 11 is 6.10. The Morgan fingerprint density at radius 1 is 1.38 bits per heavy atom. The highest BCUT2D eigenvalue weighted by molar-refractivity contribution is 6.27. The minimum atomic E-state index is -1.23. The van der Waals surface area contributed by atoms with Gasteiger partial charge in [0.25, 0.3) is 5.91 Å². The van der Waals surface area contributed by atoms with E-state index in [1.165, 1.54) is 6.92 Å². The lowest BCUT2D eigenvalue weighted by Gasteiger charge is -2.46. The molecule has 0 saturated carbocycles. The molecule has 7 nitrogen and oxygen atoms in total. The lowest BCUT2D eigenvalue weighted by Crippen LogP contribution is -2.72. The molecule has 0 bridgehead atoms. The zero-order valence-corrected chi connectivity index (χ0v) is 13.7. The van der Waals surface area contributed by atoms with E-state index in [1.807, 2.05) is 0 Å². The molecule has 4 atom stereocenters. The molecule has 128 valence electrons. The van der Waals surface area contributed by atoms with Gasteiger partial charge in [0.1, 0.15) is 17.6 Å². The van der Waals surface area contributed by atoms with E-state index in [4.69, 9.17) is 17.3 Å². The number of carboxylic acid groups (broad SMARTS) is 1. The summed E-state index contributed by atoms with van der Waals surface area (Å²) in [5.74, 6) is -2.38. The Balaban J connectivity index is 2.05. The Morgan fingerprint density at radius 2 is 1.96 bits per heavy atom. The molecule has 1 fully saturated rings. The minimum Gasteiger partial charge on any atom is -0.479 e. The van der Waals surface area contributed by atoms with Gasteiger partial charge in [-0.2, -0.15) is 0 Å². The summed E-state index contributed by atoms with van der Waals surface area (Å²) in [5, 5.41) is 11.7. The first-order valence-corrected chi connectivity index (χ1v) is 7.64. The number of nitrogens with zero attached hydrogens (tertiary/aromatic N) is 1. The molecule has 24 heavy (non-hydrogen) atoms. The van der Waals surface area contributed by atoms with E-state index in [2.05, 4.69) is 11.9 Å². The number of nitrogens with one attached hydrogen (secondary N) is 1. The highest BCUT2D eigenvalue weighted by Gasteiger charge is 2.52. The maximum absolute atomic E-state index is 12.2. The number of hydrogen-bond donors (Lipinski definition) is 3. The van der Waals surface area contributed by atoms with Crippen LogP contribution < -0.4 is 11.1 Å². The molecule has 4 N–H and O–H groups in total. The van der Waals surface area contributed by atoms with Crippen LogP contribution in [0.15, 0.2) is 42.5 Å². The minimum absolute atomic E-state index is 0.271. The number of carboxylic acids is 1. The van der Waals surface area contributed by atoms with Crippen LogP contribution in [0.5, 0.6) is 0 Å². The second kappa shape index (κ2) is 7.02. The summed E-state index contributed by atoms with van der Waals surface area (Å²) < 4.78 is 0. The number of amides is 2. The smallest absolute Gasteiger partial charge is 0.330 e. The maximum atomic E-state index is 12.2. The van der Waals surface area contributed by atoms with Crippen molar-refractivity contribution in [2.24, 2.45) is 5.73 Å². The van der Waals surface area contributed by atoms with Gasteiger partial charge < -0.3 is 21.1 Å². The van der Waals surface area contributed by atoms with Crippen molar-refractivity contribution < 1.29 is 19.5 Å². The third kappa shape index (κ3) is 3.27. The number of nitrogens with two attached hydrogens (primary N) is 1. The second-order valence-electron chi connectivity index (χ2n) is 5.58. The number of alkyl halides is 1. The Hall–Kier alpha value is -2.38. The highest BCUT2D eigenvalue weighted by atomic mass is 35.5. The van der Waals surface area contributed by atoms with Gasteiger partial charge in [-0.3, -0.25) is 9.59 Å². The molecule has 0 aromatic heterocycles. The van der Waals surface area contributed by atoms with E-state index < -0.39 is 41.4 Å². The van der Waals surface area contributed by atoms with Crippen LogP contribution in [0.25, 0.3) is 0 Å². The van der Waals surface area contributed by atoms with Gasteiger partial charge in [-0.05, 0) is 18.1 Å². The zero-order valence-electron chi connectivity index (χ0n) is 13.0. The van der Waals surface area contributed by atoms with Crippen LogP contribution in [0.2, 0.25) is 0 Å². The average Bonchev–Trinajstić information content (AvgIpc) is 2.56. The fourth-order valence-electron chi connectivity index (χ4n) is 2.50. The standard InChI is InChI=1S/C16H18ClN3O4/c1-8(2)12(16(23)24)20-13(17)11(15(20)22)19-14(21)10(18)9-6-4-3-5-7-9/h3-7,10-13H,1,18H2,2H3,(H,19,21)(H,23,24)/t10?,11-,12?,13+/m1/s1. The van der Waals surface area contributed by atoms with Crippen LogP contribution in [-0.2, 0) is 14.4 Å². The highest BCUT2D eigenvalue weighted by Crippen LogP contribution is 2.29. The van der Waals surface area contributed by atoms with Gasteiger partial charge in [0.2, 0.25) is 5.91 Å². The lowest BCUT2D eigenvalue weighted by atomic mass is 9.98. The molecule has 2 rings (SSSR count). The topological polar surface area (TPSA) is 113 Å². The number of halogens is 1. The van der Waals surface area contributed by atoms with Crippen molar-refractivity contribution in [3.63, 3.8) is 0 Å². The van der Waals surface area contributed by atoms with Crippen molar-refractivity contribution in [3.8, 4) is 0 Å². The summed E-state index contributed by atoms with van der Waals surface area (Å²) in [5.41, 5.74) is 5.74. The summed E-state index contributed by atoms with van der Waals surface area (Å²) in [4.78, 5) is 36.6. The zero-order chi connectivity index (χ0) is 18.0. The molecule has 8 heteroatoms. The third-order valence-electron chi connectivity index (χ3n) is 3.78. The van der Waals surface area contributed by atoms with E-state index in [0.29, 0.717) is 5.56 Å². The fraction of sp³-hybridized carbons (Fsp3) is 0.312. The second-order valence-corrected chi connectivity index (χ2v) is 6.03. The monoisotopic (exact) mass is 351 g/mol. The molecule has 0 spiro atoms. The van der Waals surface area contributed by atoms with Crippen LogP contribution in [0.1, 0.15) is 18.5 Å². The first kappa shape index (κ1) is 18.0. The van der Waals surface area contributed by atoms with Gasteiger partial charge >= 0.3 is 5.97 Å². The largest absolute Gasteiger partial charge is 0.479 e. The fourth-order valence-corrected chi connectivity index (χ4v) is 2.88. The molecule has 1 aliphatic rings. The number of hydrogen-bond acceptors (Lipinski definition) is 4. The van der Waals surface area contributed by atoms with Gasteiger partial charge in [0.05, 0.1) is 0 Å². The van der Waals surface area contributed by atoms with Gasteiger partial charge in [-0.25, -0.2) is 4.79 Å². The number of benzene rings is 1. The molecular formula is C16H18ClN3O4. The van der Waals surface area contributed by atoms with Crippen LogP contribution >= 0.6 is 11.6 Å². The number of β-lactam (4-membered cyclic amide) rings is 1. The average molecular weight is 352 g/mol. The number of carbonyl (C=O) groups is 3. The molecular weight excluding hydrogens is 334 g/mol. The first-order valence-electron chi connectivity index (χ1n) is 7.21. The molecule has 1 aromatic rings. The lowest BCUT2D eigenvalue weighted by molar-refractivity contribution is -0.160. The predicted molar refractivity (Wildman–Crippen MR) is 88.0 cm³/mol. The number of likely N-dealkylation sites (tertiary alicyclic amines) is 1. The summed E-state index contributed by atoms with van der Waals surface area (Å²) in [6.45, 7) is 5.05. The van der Waals surface area contributed by atoms with E-state index >= 15 is 0 Å². The Bertz CT molecular complexity index is 665. The van der Waals surface area contributed by atoms with Crippen molar-refractivity contribution >= 4 is 29.4 Å². The third-order valence-corrected chi connectivity index (χ3v) is 4.24. The van der Waals surface area contributed by atoms with Crippen LogP contribution in [0, 0.1) is 0 Å². The van der Waals surface area contributed by atoms with Crippen molar-refractivity contribution in [3.05, 3.63) is 48.0 Å². The van der Waals surface area contributed by atoms with Crippen molar-refractivity contribution in [1.82, 2.24) is 10.2 Å². The normalized spacial score (nSPS) is 22.3. The van der Waals surface area contributed by atoms with Gasteiger partial charge in [0, 0.05) is 0 Å². The Kier molecular flexibility index (Phi) is 5.26. The maximum Gasteiger partial charge on any atom is 0.330 e. The number of aliphatic carboxylic acids is 1. The quantitative estimate of drug-likeness (QED) is 0.301. The summed E-state index contributed by atoms with van der Waals surface area (Å²) in [7, 11) is 0. The van der Waals surface area contributed by atoms with Crippen LogP contribution in [-0.4, -0.2) is 45.4 Å². The Labute approximate surface area is 144 Å². The summed E-state index contributed by atoms with van der Waals surface area (Å²) in [6.07, 6.45) is 0. The molecule has 1 aromatic carbocycles. The van der Waals surface area contributed by atoms with Crippen molar-refractivity contribution in [2.45, 2.75) is 30.6 Å². The molecule has 2 amide bonds. The number of rotatable bonds is 6. The molecule has 2 unspecified atom stereocenters. The van der Waals surface area contributed by atoms with Crippen molar-refractivity contribution in [2.75, 3.05) is 0 Å². The van der Waals surface area contributed by atoms with Crippen LogP contribution in [0.4, 0.5) is 0 Å². The molecule has 1 heterocycles. The molecule has 0 radical (unpaired) electrons. The van der Waals surface area contributed by atoms with Crippen molar-refractivity contribution in [1.29, 1.82) is 0 Å². The molecule has 1 saturated heterocycles. The van der Waals surface area contributed by atoms with Crippen LogP contribution in [0.3, 0.4) is 0 Å². The van der Waals surface area contributed by atoms with Gasteiger partial charge in [0.15, 0.2) is 6.04 Å². The van der Waals surface area contributed by atoms with E-state index in [1.54, 1.807) is 30.3 Å². The van der Waals surface area contributed by atoms with Gasteiger partial charge in [-0.15, -0.1) is 0 Å². The molecule has 0 aliphatic carbocycles. The first-order chi connectivity index (χ1) is 11.3. The predicted octanol–water partition coefficient (Wildman–Crippen LogP) is 0.608. The summed E-state index contributed by atoms with van der Waals surface area (Å²) in [6, 6.07) is 5.47. The van der Waals surface area contributed by atoms with E-state index in [9.17, 15) is 19.5 Å². The number of carbonyl (C=O) groups excluding carboxylic acids is 2. The van der Waals surface area contributed by atoms with E-state index in [0.717, 1.165) is 4.90 Å². The Morgan fingerprint density at radius 3 is 2.42 bits per heavy atom. The molecule has 1 aliphatic heterocycles. The van der Waals surface area contributed by atoms with Gasteiger partial charge in [-0.1, -0.05) is 48.5 Å². The van der Waals surface area contributed by atoms with E-state index in [-0.39, 0.29) is 5.57 Å².